The first-order valence-electron chi connectivity index (χ1n) is 8.01. The Morgan fingerprint density at radius 3 is 2.42 bits per heavy atom. The van der Waals surface area contributed by atoms with E-state index in [4.69, 9.17) is 21.1 Å². The fourth-order valence-corrected chi connectivity index (χ4v) is 2.69. The molecule has 2 aromatic carbocycles. The average molecular weight is 370 g/mol. The van der Waals surface area contributed by atoms with Gasteiger partial charge in [-0.3, -0.25) is 4.79 Å². The maximum Gasteiger partial charge on any atom is 0.371 e. The van der Waals surface area contributed by atoms with Gasteiger partial charge in [0.05, 0.1) is 5.69 Å². The Morgan fingerprint density at radius 1 is 1.08 bits per heavy atom. The predicted molar refractivity (Wildman–Crippen MR) is 99.9 cm³/mol. The molecule has 1 amide bonds. The van der Waals surface area contributed by atoms with E-state index in [1.54, 1.807) is 36.4 Å². The summed E-state index contributed by atoms with van der Waals surface area (Å²) in [6, 6.07) is 15.1. The maximum absolute atomic E-state index is 12.5. The molecule has 0 saturated carbocycles. The van der Waals surface area contributed by atoms with Crippen molar-refractivity contribution in [3.63, 3.8) is 0 Å². The molecule has 26 heavy (non-hydrogen) atoms. The third-order valence-corrected chi connectivity index (χ3v) is 4.17. The number of aromatic carboxylic acids is 1. The number of aryl methyl sites for hydroxylation is 1. The molecule has 1 heterocycles. The van der Waals surface area contributed by atoms with Gasteiger partial charge in [0.1, 0.15) is 5.76 Å². The van der Waals surface area contributed by atoms with Crippen molar-refractivity contribution >= 4 is 29.2 Å². The lowest BCUT2D eigenvalue weighted by Gasteiger charge is -2.11. The van der Waals surface area contributed by atoms with Gasteiger partial charge in [-0.1, -0.05) is 30.7 Å². The highest BCUT2D eigenvalue weighted by Gasteiger charge is 2.16. The van der Waals surface area contributed by atoms with Crippen molar-refractivity contribution in [3.05, 3.63) is 76.5 Å². The number of anilines is 1. The molecule has 0 unspecified atom stereocenters. The first kappa shape index (κ1) is 17.8. The van der Waals surface area contributed by atoms with Gasteiger partial charge in [0.25, 0.3) is 5.91 Å². The highest BCUT2D eigenvalue weighted by Crippen LogP contribution is 2.32. The van der Waals surface area contributed by atoms with E-state index in [0.717, 1.165) is 12.0 Å². The van der Waals surface area contributed by atoms with Crippen LogP contribution in [0.5, 0.6) is 0 Å². The van der Waals surface area contributed by atoms with E-state index >= 15 is 0 Å². The monoisotopic (exact) mass is 369 g/mol. The normalized spacial score (nSPS) is 10.5. The van der Waals surface area contributed by atoms with Crippen molar-refractivity contribution in [3.8, 4) is 11.3 Å². The SMILES string of the molecule is CCc1ccc(C(=O)Nc2cc(Cl)ccc2-c2ccc(C(=O)O)o2)cc1. The second-order valence-corrected chi connectivity index (χ2v) is 6.10. The standard InChI is InChI=1S/C20H16ClNO4/c1-2-12-3-5-13(6-4-12)19(23)22-16-11-14(21)7-8-15(16)17-9-10-18(26-17)20(24)25/h3-11H,2H2,1H3,(H,22,23)(H,24,25). The first-order valence-corrected chi connectivity index (χ1v) is 8.39. The molecule has 132 valence electrons. The van der Waals surface area contributed by atoms with Crippen molar-refractivity contribution < 1.29 is 19.1 Å². The van der Waals surface area contributed by atoms with Gasteiger partial charge in [0.2, 0.25) is 5.76 Å². The summed E-state index contributed by atoms with van der Waals surface area (Å²) in [7, 11) is 0. The second kappa shape index (κ2) is 7.45. The topological polar surface area (TPSA) is 79.5 Å². The Kier molecular flexibility index (Phi) is 5.09. The fraction of sp³-hybridized carbons (Fsp3) is 0.100. The lowest BCUT2D eigenvalue weighted by Crippen LogP contribution is -2.12. The number of nitrogens with one attached hydrogen (secondary N) is 1. The summed E-state index contributed by atoms with van der Waals surface area (Å²) in [5.41, 5.74) is 2.63. The summed E-state index contributed by atoms with van der Waals surface area (Å²) in [6.45, 7) is 2.04. The minimum absolute atomic E-state index is 0.178. The second-order valence-electron chi connectivity index (χ2n) is 5.66. The van der Waals surface area contributed by atoms with Gasteiger partial charge < -0.3 is 14.8 Å². The summed E-state index contributed by atoms with van der Waals surface area (Å²) >= 11 is 6.05. The molecule has 3 aromatic rings. The van der Waals surface area contributed by atoms with Gasteiger partial charge >= 0.3 is 5.97 Å². The largest absolute Gasteiger partial charge is 0.475 e. The van der Waals surface area contributed by atoms with Crippen molar-refractivity contribution in [1.82, 2.24) is 0 Å². The number of carbonyl (C=O) groups is 2. The lowest BCUT2D eigenvalue weighted by atomic mass is 10.1. The molecule has 6 heteroatoms. The molecule has 2 N–H and O–H groups in total. The molecule has 3 rings (SSSR count). The van der Waals surface area contributed by atoms with E-state index in [9.17, 15) is 9.59 Å². The summed E-state index contributed by atoms with van der Waals surface area (Å²) in [5.74, 6) is -1.30. The number of furan rings is 1. The zero-order valence-electron chi connectivity index (χ0n) is 14.0. The van der Waals surface area contributed by atoms with Crippen LogP contribution in [0.2, 0.25) is 5.02 Å². The quantitative estimate of drug-likeness (QED) is 0.654. The minimum atomic E-state index is -1.16. The van der Waals surface area contributed by atoms with Crippen LogP contribution in [0, 0.1) is 0 Å². The van der Waals surface area contributed by atoms with Gasteiger partial charge in [0, 0.05) is 16.1 Å². The molecular formula is C20H16ClNO4. The molecule has 0 radical (unpaired) electrons. The Balaban J connectivity index is 1.92. The van der Waals surface area contributed by atoms with Crippen LogP contribution in [-0.4, -0.2) is 17.0 Å². The zero-order chi connectivity index (χ0) is 18.7. The maximum atomic E-state index is 12.5. The number of carboxylic acid groups (broad SMARTS) is 1. The lowest BCUT2D eigenvalue weighted by molar-refractivity contribution is 0.0663. The molecular weight excluding hydrogens is 354 g/mol. The van der Waals surface area contributed by atoms with E-state index in [1.165, 1.54) is 6.07 Å². The number of benzene rings is 2. The number of rotatable bonds is 5. The average Bonchev–Trinajstić information content (AvgIpc) is 3.12. The van der Waals surface area contributed by atoms with Crippen LogP contribution < -0.4 is 5.32 Å². The third kappa shape index (κ3) is 3.78. The van der Waals surface area contributed by atoms with Gasteiger partial charge in [-0.15, -0.1) is 0 Å². The molecule has 0 saturated heterocycles. The van der Waals surface area contributed by atoms with E-state index < -0.39 is 5.97 Å². The number of hydrogen-bond acceptors (Lipinski definition) is 3. The number of carbonyl (C=O) groups excluding carboxylic acids is 1. The van der Waals surface area contributed by atoms with Crippen molar-refractivity contribution in [2.45, 2.75) is 13.3 Å². The van der Waals surface area contributed by atoms with E-state index in [1.807, 2.05) is 19.1 Å². The molecule has 0 aliphatic heterocycles. The van der Waals surface area contributed by atoms with E-state index in [2.05, 4.69) is 5.32 Å². The predicted octanol–water partition coefficient (Wildman–Crippen LogP) is 5.11. The first-order chi connectivity index (χ1) is 12.5. The van der Waals surface area contributed by atoms with Crippen molar-refractivity contribution in [2.75, 3.05) is 5.32 Å². The van der Waals surface area contributed by atoms with E-state index in [-0.39, 0.29) is 11.7 Å². The Morgan fingerprint density at radius 2 is 1.81 bits per heavy atom. The van der Waals surface area contributed by atoms with Crippen LogP contribution in [0.1, 0.15) is 33.4 Å². The van der Waals surface area contributed by atoms with Crippen molar-refractivity contribution in [1.29, 1.82) is 0 Å². The summed E-state index contributed by atoms with van der Waals surface area (Å²) < 4.78 is 5.34. The zero-order valence-corrected chi connectivity index (χ0v) is 14.7. The fourth-order valence-electron chi connectivity index (χ4n) is 2.52. The smallest absolute Gasteiger partial charge is 0.371 e. The number of carboxylic acids is 1. The molecule has 0 bridgehead atoms. The summed E-state index contributed by atoms with van der Waals surface area (Å²) in [6.07, 6.45) is 0.894. The van der Waals surface area contributed by atoms with Crippen LogP contribution in [-0.2, 0) is 6.42 Å². The highest BCUT2D eigenvalue weighted by molar-refractivity contribution is 6.31. The molecule has 0 spiro atoms. The van der Waals surface area contributed by atoms with Crippen molar-refractivity contribution in [2.24, 2.45) is 0 Å². The Labute approximate surface area is 155 Å². The molecule has 1 aromatic heterocycles. The van der Waals surface area contributed by atoms with E-state index in [0.29, 0.717) is 27.6 Å². The van der Waals surface area contributed by atoms with Gasteiger partial charge in [0.15, 0.2) is 0 Å². The van der Waals surface area contributed by atoms with Crippen LogP contribution in [0.3, 0.4) is 0 Å². The van der Waals surface area contributed by atoms with Gasteiger partial charge in [-0.25, -0.2) is 4.79 Å². The van der Waals surface area contributed by atoms with Gasteiger partial charge in [-0.05, 0) is 54.4 Å². The van der Waals surface area contributed by atoms with Gasteiger partial charge in [-0.2, -0.15) is 0 Å². The minimum Gasteiger partial charge on any atom is -0.475 e. The molecule has 5 nitrogen and oxygen atoms in total. The Hall–Kier alpha value is -3.05. The summed E-state index contributed by atoms with van der Waals surface area (Å²) in [4.78, 5) is 23.6. The van der Waals surface area contributed by atoms with Crippen LogP contribution in [0.4, 0.5) is 5.69 Å². The summed E-state index contributed by atoms with van der Waals surface area (Å²) in [5, 5.41) is 12.3. The Bertz CT molecular complexity index is 960. The number of hydrogen-bond donors (Lipinski definition) is 2. The molecule has 0 aliphatic rings. The van der Waals surface area contributed by atoms with Crippen LogP contribution >= 0.6 is 11.6 Å². The number of amides is 1. The van der Waals surface area contributed by atoms with Crippen LogP contribution in [0.15, 0.2) is 59.0 Å². The van der Waals surface area contributed by atoms with Crippen LogP contribution in [0.25, 0.3) is 11.3 Å². The number of halogens is 1. The molecule has 0 fully saturated rings. The molecule has 0 aliphatic carbocycles. The highest BCUT2D eigenvalue weighted by atomic mass is 35.5. The molecule has 0 atom stereocenters. The third-order valence-electron chi connectivity index (χ3n) is 3.94.